The van der Waals surface area contributed by atoms with E-state index in [9.17, 15) is 0 Å². The Labute approximate surface area is 65.4 Å². The van der Waals surface area contributed by atoms with Crippen molar-refractivity contribution < 1.29 is 0 Å². The van der Waals surface area contributed by atoms with Crippen LogP contribution < -0.4 is 5.73 Å². The van der Waals surface area contributed by atoms with Crippen molar-refractivity contribution in [2.45, 2.75) is 32.4 Å². The van der Waals surface area contributed by atoms with Crippen LogP contribution in [0, 0.1) is 0 Å². The molecular weight excluding hydrogens is 140 g/mol. The van der Waals surface area contributed by atoms with E-state index in [1.165, 1.54) is 6.42 Å². The number of rotatable bonds is 1. The second kappa shape index (κ2) is 2.30. The molecule has 0 amide bonds. The lowest BCUT2D eigenvalue weighted by atomic mass is 10.3. The van der Waals surface area contributed by atoms with Gasteiger partial charge in [0.25, 0.3) is 0 Å². The topological polar surface area (TPSA) is 56.7 Å². The van der Waals surface area contributed by atoms with Gasteiger partial charge in [0.05, 0.1) is 6.04 Å². The summed E-state index contributed by atoms with van der Waals surface area (Å²) >= 11 is 0. The first-order valence-electron chi connectivity index (χ1n) is 3.96. The van der Waals surface area contributed by atoms with Gasteiger partial charge < -0.3 is 10.3 Å². The molecule has 1 aromatic heterocycles. The second-order valence-corrected chi connectivity index (χ2v) is 3.02. The molecule has 1 atom stereocenters. The van der Waals surface area contributed by atoms with E-state index in [0.717, 1.165) is 24.6 Å². The van der Waals surface area contributed by atoms with Crippen LogP contribution in [0.25, 0.3) is 0 Å². The first-order chi connectivity index (χ1) is 5.29. The van der Waals surface area contributed by atoms with Crippen molar-refractivity contribution in [1.29, 1.82) is 0 Å². The van der Waals surface area contributed by atoms with Crippen LogP contribution in [0.5, 0.6) is 0 Å². The van der Waals surface area contributed by atoms with Crippen LogP contribution in [0.2, 0.25) is 0 Å². The molecule has 1 aliphatic rings. The molecule has 0 unspecified atom stereocenters. The van der Waals surface area contributed by atoms with Gasteiger partial charge in [-0.05, 0) is 13.3 Å². The summed E-state index contributed by atoms with van der Waals surface area (Å²) in [5.74, 6) is 2.02. The van der Waals surface area contributed by atoms with Gasteiger partial charge in [0.1, 0.15) is 11.6 Å². The van der Waals surface area contributed by atoms with Crippen molar-refractivity contribution >= 4 is 0 Å². The summed E-state index contributed by atoms with van der Waals surface area (Å²) in [4.78, 5) is 0. The van der Waals surface area contributed by atoms with Crippen LogP contribution in [0.1, 0.15) is 31.0 Å². The molecule has 1 aliphatic heterocycles. The Morgan fingerprint density at radius 2 is 2.36 bits per heavy atom. The van der Waals surface area contributed by atoms with Crippen LogP contribution in [0.15, 0.2) is 0 Å². The first kappa shape index (κ1) is 6.79. The van der Waals surface area contributed by atoms with Crippen molar-refractivity contribution in [3.63, 3.8) is 0 Å². The highest BCUT2D eigenvalue weighted by atomic mass is 15.3. The van der Waals surface area contributed by atoms with E-state index in [4.69, 9.17) is 5.73 Å². The number of nitrogens with zero attached hydrogens (tertiary/aromatic N) is 3. The zero-order valence-corrected chi connectivity index (χ0v) is 6.62. The van der Waals surface area contributed by atoms with Crippen LogP contribution in [-0.4, -0.2) is 14.8 Å². The fraction of sp³-hybridized carbons (Fsp3) is 0.714. The van der Waals surface area contributed by atoms with Crippen LogP contribution in [0.3, 0.4) is 0 Å². The summed E-state index contributed by atoms with van der Waals surface area (Å²) in [6, 6.07) is 0.00866. The summed E-state index contributed by atoms with van der Waals surface area (Å²) in [6.45, 7) is 2.98. The molecule has 0 aliphatic carbocycles. The minimum Gasteiger partial charge on any atom is -0.322 e. The number of aromatic nitrogens is 3. The van der Waals surface area contributed by atoms with Crippen molar-refractivity contribution in [2.75, 3.05) is 0 Å². The van der Waals surface area contributed by atoms with Gasteiger partial charge in [-0.15, -0.1) is 10.2 Å². The molecule has 4 nitrogen and oxygen atoms in total. The van der Waals surface area contributed by atoms with Gasteiger partial charge in [0.15, 0.2) is 0 Å². The molecule has 2 N–H and O–H groups in total. The highest BCUT2D eigenvalue weighted by Gasteiger charge is 2.18. The van der Waals surface area contributed by atoms with Crippen molar-refractivity contribution in [3.05, 3.63) is 11.6 Å². The fourth-order valence-electron chi connectivity index (χ4n) is 1.51. The average Bonchev–Trinajstić information content (AvgIpc) is 2.41. The molecule has 2 heterocycles. The number of hydrogen-bond acceptors (Lipinski definition) is 3. The van der Waals surface area contributed by atoms with Gasteiger partial charge in [0.2, 0.25) is 0 Å². The number of aryl methyl sites for hydroxylation is 1. The molecule has 4 heteroatoms. The maximum absolute atomic E-state index is 5.71. The normalized spacial score (nSPS) is 18.4. The number of fused-ring (bicyclic) bond motifs is 1. The van der Waals surface area contributed by atoms with E-state index >= 15 is 0 Å². The van der Waals surface area contributed by atoms with E-state index in [0.29, 0.717) is 0 Å². The molecule has 0 bridgehead atoms. The summed E-state index contributed by atoms with van der Waals surface area (Å²) in [5.41, 5.74) is 5.71. The summed E-state index contributed by atoms with van der Waals surface area (Å²) < 4.78 is 2.13. The Bertz CT molecular complexity index is 263. The highest BCUT2D eigenvalue weighted by Crippen LogP contribution is 2.16. The van der Waals surface area contributed by atoms with E-state index < -0.39 is 0 Å². The van der Waals surface area contributed by atoms with E-state index in [-0.39, 0.29) is 6.04 Å². The summed E-state index contributed by atoms with van der Waals surface area (Å²) in [7, 11) is 0. The third kappa shape index (κ3) is 0.939. The predicted octanol–water partition coefficient (Wildman–Crippen LogP) is 0.244. The largest absolute Gasteiger partial charge is 0.322 e. The lowest BCUT2D eigenvalue weighted by Crippen LogP contribution is -2.12. The minimum atomic E-state index is 0.00866. The van der Waals surface area contributed by atoms with E-state index in [1.807, 2.05) is 6.92 Å². The quantitative estimate of drug-likeness (QED) is 0.627. The standard InChI is InChI=1S/C7H12N4/c1-5(8)7-10-9-6-3-2-4-11(6)7/h5H,2-4,8H2,1H3/t5-/m0/s1. The van der Waals surface area contributed by atoms with Crippen molar-refractivity contribution in [3.8, 4) is 0 Å². The smallest absolute Gasteiger partial charge is 0.149 e. The SMILES string of the molecule is C[C@H](N)c1nnc2n1CCC2. The Kier molecular flexibility index (Phi) is 1.42. The van der Waals surface area contributed by atoms with Gasteiger partial charge in [-0.2, -0.15) is 0 Å². The van der Waals surface area contributed by atoms with E-state index in [2.05, 4.69) is 14.8 Å². The Morgan fingerprint density at radius 1 is 1.55 bits per heavy atom. The van der Waals surface area contributed by atoms with Crippen LogP contribution >= 0.6 is 0 Å². The Hall–Kier alpha value is -0.900. The molecule has 60 valence electrons. The summed E-state index contributed by atoms with van der Waals surface area (Å²) in [6.07, 6.45) is 2.24. The van der Waals surface area contributed by atoms with Crippen LogP contribution in [-0.2, 0) is 13.0 Å². The van der Waals surface area contributed by atoms with E-state index in [1.54, 1.807) is 0 Å². The van der Waals surface area contributed by atoms with Crippen molar-refractivity contribution in [1.82, 2.24) is 14.8 Å². The third-order valence-electron chi connectivity index (χ3n) is 2.05. The molecule has 0 fully saturated rings. The zero-order valence-electron chi connectivity index (χ0n) is 6.62. The van der Waals surface area contributed by atoms with Gasteiger partial charge in [-0.3, -0.25) is 0 Å². The molecule has 11 heavy (non-hydrogen) atoms. The molecule has 0 saturated carbocycles. The highest BCUT2D eigenvalue weighted by molar-refractivity contribution is 5.03. The lowest BCUT2D eigenvalue weighted by molar-refractivity contribution is 0.632. The third-order valence-corrected chi connectivity index (χ3v) is 2.05. The number of nitrogens with two attached hydrogens (primary N) is 1. The first-order valence-corrected chi connectivity index (χ1v) is 3.96. The average molecular weight is 152 g/mol. The monoisotopic (exact) mass is 152 g/mol. The molecule has 1 aromatic rings. The molecule has 0 aromatic carbocycles. The zero-order chi connectivity index (χ0) is 7.84. The minimum absolute atomic E-state index is 0.00866. The lowest BCUT2D eigenvalue weighted by Gasteiger charge is -2.04. The molecular formula is C7H12N4. The van der Waals surface area contributed by atoms with Gasteiger partial charge in [-0.25, -0.2) is 0 Å². The van der Waals surface area contributed by atoms with Gasteiger partial charge >= 0.3 is 0 Å². The fourth-order valence-corrected chi connectivity index (χ4v) is 1.51. The number of hydrogen-bond donors (Lipinski definition) is 1. The molecule has 0 radical (unpaired) electrons. The van der Waals surface area contributed by atoms with Gasteiger partial charge in [-0.1, -0.05) is 0 Å². The molecule has 2 rings (SSSR count). The Morgan fingerprint density at radius 3 is 3.09 bits per heavy atom. The Balaban J connectivity index is 2.42. The summed E-state index contributed by atoms with van der Waals surface area (Å²) in [5, 5.41) is 8.08. The predicted molar refractivity (Wildman–Crippen MR) is 40.9 cm³/mol. The molecule has 0 spiro atoms. The van der Waals surface area contributed by atoms with Crippen molar-refractivity contribution in [2.24, 2.45) is 5.73 Å². The van der Waals surface area contributed by atoms with Gasteiger partial charge in [0, 0.05) is 13.0 Å². The maximum Gasteiger partial charge on any atom is 0.149 e. The molecule has 0 saturated heterocycles. The maximum atomic E-state index is 5.71. The second-order valence-electron chi connectivity index (χ2n) is 3.02. The van der Waals surface area contributed by atoms with Crippen LogP contribution in [0.4, 0.5) is 0 Å².